The Bertz CT molecular complexity index is 582. The van der Waals surface area contributed by atoms with Crippen molar-refractivity contribution in [2.45, 2.75) is 34.6 Å². The van der Waals surface area contributed by atoms with E-state index in [1.165, 1.54) is 38.6 Å². The van der Waals surface area contributed by atoms with E-state index in [0.29, 0.717) is 0 Å². The molecule has 0 N–H and O–H groups in total. The Hall–Kier alpha value is 0.523. The van der Waals surface area contributed by atoms with Gasteiger partial charge in [0.15, 0.2) is 0 Å². The van der Waals surface area contributed by atoms with Gasteiger partial charge in [0.25, 0.3) is 0 Å². The first-order valence-electron chi connectivity index (χ1n) is 6.82. The van der Waals surface area contributed by atoms with Crippen molar-refractivity contribution in [3.63, 3.8) is 0 Å². The fraction of sp³-hybridized carbons (Fsp3) is 0.263. The molecule has 0 saturated carbocycles. The van der Waals surface area contributed by atoms with Crippen molar-refractivity contribution in [3.05, 3.63) is 70.3 Å². The van der Waals surface area contributed by atoms with Crippen molar-refractivity contribution < 1.29 is 74.2 Å². The molecule has 0 bridgehead atoms. The Morgan fingerprint density at radius 3 is 1.73 bits per heavy atom. The van der Waals surface area contributed by atoms with E-state index < -0.39 is 0 Å². The van der Waals surface area contributed by atoms with Crippen LogP contribution in [-0.4, -0.2) is 0 Å². The van der Waals surface area contributed by atoms with Crippen molar-refractivity contribution >= 4 is 10.8 Å². The molecule has 0 amide bonds. The number of rotatable bonds is 0. The molecule has 3 rings (SSSR count). The SMILES string of the molecule is Cc1c(C)c(C)[c-](C)c1C.[I-].[I-].[Zr+4].c1ccc2[cH-]ccc2c1. The third kappa shape index (κ3) is 5.56. The molecule has 0 radical (unpaired) electrons. The number of halogens is 2. The molecular formula is C19H22I2Zr. The van der Waals surface area contributed by atoms with Gasteiger partial charge in [0.2, 0.25) is 0 Å². The summed E-state index contributed by atoms with van der Waals surface area (Å²) >= 11 is 0. The molecule has 3 aromatic carbocycles. The number of fused-ring (bicyclic) bond motifs is 1. The first-order valence-corrected chi connectivity index (χ1v) is 6.82. The minimum Gasteiger partial charge on any atom is -1.00 e. The predicted octanol–water partition coefficient (Wildman–Crippen LogP) is -0.488. The summed E-state index contributed by atoms with van der Waals surface area (Å²) in [5, 5.41) is 2.66. The third-order valence-corrected chi connectivity index (χ3v) is 4.36. The standard InChI is InChI=1S/C10H15.C9H7.2HI.Zr/c1-6-7(2)9(4)10(5)8(6)3;1-2-5-9-7-3-6-8(9)4-1;;;/h1-5H3;1-7H;2*1H;/q2*-1;;;+4/p-2. The Morgan fingerprint density at radius 1 is 0.818 bits per heavy atom. The number of hydrogen-bond acceptors (Lipinski definition) is 0. The summed E-state index contributed by atoms with van der Waals surface area (Å²) in [6.45, 7) is 11.0. The van der Waals surface area contributed by atoms with Crippen LogP contribution in [0.4, 0.5) is 0 Å². The smallest absolute Gasteiger partial charge is 1.00 e. The second-order valence-electron chi connectivity index (χ2n) is 5.28. The predicted molar refractivity (Wildman–Crippen MR) is 85.3 cm³/mol. The van der Waals surface area contributed by atoms with Gasteiger partial charge in [-0.2, -0.15) is 45.3 Å². The molecule has 0 aliphatic carbocycles. The molecule has 0 aliphatic heterocycles. The maximum atomic E-state index is 2.20. The monoisotopic (exact) mass is 594 g/mol. The van der Waals surface area contributed by atoms with Gasteiger partial charge in [-0.1, -0.05) is 40.7 Å². The molecule has 0 spiro atoms. The van der Waals surface area contributed by atoms with E-state index in [4.69, 9.17) is 0 Å². The van der Waals surface area contributed by atoms with Crippen LogP contribution in [-0.2, 0) is 26.2 Å². The maximum Gasteiger partial charge on any atom is 4.00 e. The number of benzene rings is 1. The average molecular weight is 595 g/mol. The zero-order valence-corrected chi connectivity index (χ0v) is 20.6. The van der Waals surface area contributed by atoms with E-state index in [1.54, 1.807) is 0 Å². The van der Waals surface area contributed by atoms with Crippen LogP contribution >= 0.6 is 0 Å². The van der Waals surface area contributed by atoms with Crippen LogP contribution < -0.4 is 48.0 Å². The molecule has 116 valence electrons. The Balaban J connectivity index is 0. The molecule has 0 unspecified atom stereocenters. The van der Waals surface area contributed by atoms with Crippen molar-refractivity contribution in [1.82, 2.24) is 0 Å². The van der Waals surface area contributed by atoms with Gasteiger partial charge in [-0.25, -0.2) is 0 Å². The fourth-order valence-electron chi connectivity index (χ4n) is 2.48. The van der Waals surface area contributed by atoms with Gasteiger partial charge in [-0.3, -0.25) is 0 Å². The van der Waals surface area contributed by atoms with Crippen LogP contribution in [0.2, 0.25) is 0 Å². The molecule has 0 atom stereocenters. The number of hydrogen-bond donors (Lipinski definition) is 0. The molecule has 0 fully saturated rings. The van der Waals surface area contributed by atoms with Crippen LogP contribution in [0.1, 0.15) is 27.8 Å². The first kappa shape index (κ1) is 24.8. The Labute approximate surface area is 188 Å². The van der Waals surface area contributed by atoms with E-state index >= 15 is 0 Å². The van der Waals surface area contributed by atoms with Crippen molar-refractivity contribution in [3.8, 4) is 0 Å². The topological polar surface area (TPSA) is 0 Å². The Kier molecular flexibility index (Phi) is 12.5. The minimum atomic E-state index is 0. The molecule has 22 heavy (non-hydrogen) atoms. The van der Waals surface area contributed by atoms with E-state index in [0.717, 1.165) is 0 Å². The van der Waals surface area contributed by atoms with Crippen molar-refractivity contribution in [2.24, 2.45) is 0 Å². The second kappa shape index (κ2) is 11.1. The summed E-state index contributed by atoms with van der Waals surface area (Å²) in [6, 6.07) is 14.7. The molecule has 0 nitrogen and oxygen atoms in total. The third-order valence-electron chi connectivity index (χ3n) is 4.36. The van der Waals surface area contributed by atoms with Gasteiger partial charge in [0, 0.05) is 0 Å². The zero-order valence-electron chi connectivity index (χ0n) is 13.8. The Morgan fingerprint density at radius 2 is 1.32 bits per heavy atom. The fourth-order valence-corrected chi connectivity index (χ4v) is 2.48. The molecule has 0 aromatic heterocycles. The van der Waals surface area contributed by atoms with Crippen LogP contribution in [0.3, 0.4) is 0 Å². The maximum absolute atomic E-state index is 2.20. The van der Waals surface area contributed by atoms with Crippen molar-refractivity contribution in [2.75, 3.05) is 0 Å². The molecule has 3 aromatic rings. The van der Waals surface area contributed by atoms with Gasteiger partial charge in [-0.15, -0.1) is 29.7 Å². The summed E-state index contributed by atoms with van der Waals surface area (Å²) in [6.07, 6.45) is 0. The summed E-state index contributed by atoms with van der Waals surface area (Å²) in [5.74, 6) is 0. The summed E-state index contributed by atoms with van der Waals surface area (Å²) in [7, 11) is 0. The average Bonchev–Trinajstić information content (AvgIpc) is 2.97. The zero-order chi connectivity index (χ0) is 14.0. The normalized spacial score (nSPS) is 8.95. The van der Waals surface area contributed by atoms with Crippen LogP contribution in [0.5, 0.6) is 0 Å². The van der Waals surface area contributed by atoms with Crippen LogP contribution in [0, 0.1) is 34.6 Å². The van der Waals surface area contributed by atoms with Gasteiger partial charge in [0.1, 0.15) is 0 Å². The molecule has 3 heteroatoms. The quantitative estimate of drug-likeness (QED) is 0.244. The largest absolute Gasteiger partial charge is 4.00 e. The van der Waals surface area contributed by atoms with Crippen LogP contribution in [0.15, 0.2) is 42.5 Å². The molecular weight excluding hydrogens is 573 g/mol. The van der Waals surface area contributed by atoms with Gasteiger partial charge < -0.3 is 48.0 Å². The molecule has 0 saturated heterocycles. The van der Waals surface area contributed by atoms with E-state index in [1.807, 2.05) is 0 Å². The second-order valence-corrected chi connectivity index (χ2v) is 5.28. The van der Waals surface area contributed by atoms with Gasteiger partial charge in [-0.05, 0) is 0 Å². The summed E-state index contributed by atoms with van der Waals surface area (Å²) < 4.78 is 0. The van der Waals surface area contributed by atoms with E-state index in [-0.39, 0.29) is 74.2 Å². The van der Waals surface area contributed by atoms with E-state index in [9.17, 15) is 0 Å². The van der Waals surface area contributed by atoms with Gasteiger partial charge in [0.05, 0.1) is 0 Å². The minimum absolute atomic E-state index is 0. The van der Waals surface area contributed by atoms with E-state index in [2.05, 4.69) is 77.1 Å². The van der Waals surface area contributed by atoms with Crippen LogP contribution in [0.25, 0.3) is 10.8 Å². The molecule has 0 heterocycles. The van der Waals surface area contributed by atoms with Gasteiger partial charge >= 0.3 is 26.2 Å². The molecule has 0 aliphatic rings. The van der Waals surface area contributed by atoms with Crippen molar-refractivity contribution in [1.29, 1.82) is 0 Å². The summed E-state index contributed by atoms with van der Waals surface area (Å²) in [4.78, 5) is 0. The first-order chi connectivity index (χ1) is 9.02. The summed E-state index contributed by atoms with van der Waals surface area (Å²) in [5.41, 5.74) is 7.34.